The zero-order chi connectivity index (χ0) is 14.1. The first-order valence-electron chi connectivity index (χ1n) is 6.11. The van der Waals surface area contributed by atoms with Gasteiger partial charge in [0, 0.05) is 10.9 Å². The molecule has 0 radical (unpaired) electrons. The summed E-state index contributed by atoms with van der Waals surface area (Å²) in [6.45, 7) is 2.06. The molecule has 0 aliphatic carbocycles. The summed E-state index contributed by atoms with van der Waals surface area (Å²) in [4.78, 5) is 16.5. The molecule has 0 spiro atoms. The van der Waals surface area contributed by atoms with Crippen molar-refractivity contribution in [3.05, 3.63) is 51.9 Å². The Hall–Kier alpha value is -2.45. The summed E-state index contributed by atoms with van der Waals surface area (Å²) in [6.07, 6.45) is 1.44. The van der Waals surface area contributed by atoms with Crippen LogP contribution in [-0.4, -0.2) is 9.55 Å². The van der Waals surface area contributed by atoms with E-state index in [1.54, 1.807) is 0 Å². The van der Waals surface area contributed by atoms with Crippen LogP contribution in [0.25, 0.3) is 21.3 Å². The first kappa shape index (κ1) is 12.6. The molecule has 0 saturated carbocycles. The van der Waals surface area contributed by atoms with E-state index in [9.17, 15) is 4.79 Å². The highest BCUT2D eigenvalue weighted by Gasteiger charge is 2.12. The maximum absolute atomic E-state index is 12.2. The van der Waals surface area contributed by atoms with Crippen molar-refractivity contribution < 1.29 is 0 Å². The molecule has 4 nitrogen and oxygen atoms in total. The molecule has 0 N–H and O–H groups in total. The van der Waals surface area contributed by atoms with E-state index in [2.05, 4.69) is 4.98 Å². The van der Waals surface area contributed by atoms with E-state index in [-0.39, 0.29) is 12.1 Å². The molecule has 3 rings (SSSR count). The standard InChI is InChI=1S/C15H11N3OS/c1-10-2-4-11(5-3-10)12-8-20-14-13(12)17-9-18(7-6-16)15(14)19/h2-5,8-9H,7H2,1H3. The van der Waals surface area contributed by atoms with Gasteiger partial charge >= 0.3 is 0 Å². The minimum atomic E-state index is -0.153. The van der Waals surface area contributed by atoms with Gasteiger partial charge in [-0.3, -0.25) is 9.36 Å². The van der Waals surface area contributed by atoms with Crippen LogP contribution in [0.1, 0.15) is 5.56 Å². The number of fused-ring (bicyclic) bond motifs is 1. The summed E-state index contributed by atoms with van der Waals surface area (Å²) in [6, 6.07) is 10.1. The largest absolute Gasteiger partial charge is 0.284 e. The Morgan fingerprint density at radius 3 is 2.80 bits per heavy atom. The summed E-state index contributed by atoms with van der Waals surface area (Å²) >= 11 is 1.37. The summed E-state index contributed by atoms with van der Waals surface area (Å²) in [5.41, 5.74) is 3.76. The van der Waals surface area contributed by atoms with Crippen LogP contribution in [0.5, 0.6) is 0 Å². The lowest BCUT2D eigenvalue weighted by molar-refractivity contribution is 0.777. The minimum Gasteiger partial charge on any atom is -0.284 e. The van der Waals surface area contributed by atoms with Crippen LogP contribution in [0.15, 0.2) is 40.8 Å². The number of benzene rings is 1. The molecule has 2 heterocycles. The molecule has 0 atom stereocenters. The van der Waals surface area contributed by atoms with E-state index in [1.807, 2.05) is 42.6 Å². The monoisotopic (exact) mass is 281 g/mol. The first-order valence-corrected chi connectivity index (χ1v) is 6.99. The number of aromatic nitrogens is 2. The molecule has 0 aliphatic heterocycles. The van der Waals surface area contributed by atoms with Crippen molar-refractivity contribution in [3.63, 3.8) is 0 Å². The Morgan fingerprint density at radius 1 is 1.35 bits per heavy atom. The smallest absolute Gasteiger partial charge is 0.272 e. The topological polar surface area (TPSA) is 58.7 Å². The number of rotatable bonds is 2. The van der Waals surface area contributed by atoms with Gasteiger partial charge in [-0.2, -0.15) is 5.26 Å². The van der Waals surface area contributed by atoms with Crippen LogP contribution in [0.4, 0.5) is 0 Å². The molecule has 2 aromatic heterocycles. The molecule has 0 bridgehead atoms. The van der Waals surface area contributed by atoms with Gasteiger partial charge in [-0.25, -0.2) is 4.98 Å². The third-order valence-corrected chi connectivity index (χ3v) is 4.11. The lowest BCUT2D eigenvalue weighted by atomic mass is 10.1. The van der Waals surface area contributed by atoms with Crippen molar-refractivity contribution in [2.75, 3.05) is 0 Å². The van der Waals surface area contributed by atoms with E-state index in [1.165, 1.54) is 27.8 Å². The molecule has 3 aromatic rings. The lowest BCUT2D eigenvalue weighted by Gasteiger charge is -2.02. The van der Waals surface area contributed by atoms with Crippen LogP contribution < -0.4 is 5.56 Å². The predicted octanol–water partition coefficient (Wildman–Crippen LogP) is 2.96. The van der Waals surface area contributed by atoms with E-state index in [4.69, 9.17) is 5.26 Å². The fraction of sp³-hybridized carbons (Fsp3) is 0.133. The van der Waals surface area contributed by atoms with Crippen LogP contribution in [0.2, 0.25) is 0 Å². The second-order valence-corrected chi connectivity index (χ2v) is 5.41. The quantitative estimate of drug-likeness (QED) is 0.725. The predicted molar refractivity (Wildman–Crippen MR) is 79.7 cm³/mol. The van der Waals surface area contributed by atoms with Crippen LogP contribution >= 0.6 is 11.3 Å². The maximum atomic E-state index is 12.2. The normalized spacial score (nSPS) is 10.6. The number of thiophene rings is 1. The van der Waals surface area contributed by atoms with Crippen molar-refractivity contribution >= 4 is 21.6 Å². The highest BCUT2D eigenvalue weighted by Crippen LogP contribution is 2.30. The summed E-state index contributed by atoms with van der Waals surface area (Å²) in [7, 11) is 0. The molecule has 1 aromatic carbocycles. The van der Waals surface area contributed by atoms with Gasteiger partial charge < -0.3 is 0 Å². The van der Waals surface area contributed by atoms with Crippen LogP contribution in [0.3, 0.4) is 0 Å². The molecule has 0 amide bonds. The molecule has 20 heavy (non-hydrogen) atoms. The van der Waals surface area contributed by atoms with Crippen molar-refractivity contribution in [1.29, 1.82) is 5.26 Å². The van der Waals surface area contributed by atoms with Gasteiger partial charge in [0.1, 0.15) is 11.2 Å². The molecule has 0 unspecified atom stereocenters. The maximum Gasteiger partial charge on any atom is 0.272 e. The number of hydrogen-bond donors (Lipinski definition) is 0. The van der Waals surface area contributed by atoms with Crippen molar-refractivity contribution in [3.8, 4) is 17.2 Å². The van der Waals surface area contributed by atoms with Gasteiger partial charge in [0.15, 0.2) is 0 Å². The first-order chi connectivity index (χ1) is 9.70. The molecule has 5 heteroatoms. The molecule has 0 aliphatic rings. The third kappa shape index (κ3) is 2.00. The Labute approximate surface area is 119 Å². The highest BCUT2D eigenvalue weighted by molar-refractivity contribution is 7.17. The second-order valence-electron chi connectivity index (χ2n) is 4.53. The molecular weight excluding hydrogens is 270 g/mol. The third-order valence-electron chi connectivity index (χ3n) is 3.15. The molecule has 0 fully saturated rings. The van der Waals surface area contributed by atoms with E-state index in [0.717, 1.165) is 11.1 Å². The van der Waals surface area contributed by atoms with E-state index >= 15 is 0 Å². The second kappa shape index (κ2) is 4.91. The van der Waals surface area contributed by atoms with E-state index in [0.29, 0.717) is 10.2 Å². The Kier molecular flexibility index (Phi) is 3.09. The summed E-state index contributed by atoms with van der Waals surface area (Å²) in [5, 5.41) is 10.6. The van der Waals surface area contributed by atoms with Crippen LogP contribution in [-0.2, 0) is 6.54 Å². The average molecular weight is 281 g/mol. The average Bonchev–Trinajstić information content (AvgIpc) is 2.88. The Balaban J connectivity index is 2.20. The fourth-order valence-corrected chi connectivity index (χ4v) is 3.04. The SMILES string of the molecule is Cc1ccc(-c2csc3c(=O)n(CC#N)cnc23)cc1. The van der Waals surface area contributed by atoms with Gasteiger partial charge in [0.2, 0.25) is 0 Å². The Morgan fingerprint density at radius 2 is 2.10 bits per heavy atom. The molecule has 98 valence electrons. The van der Waals surface area contributed by atoms with Gasteiger partial charge in [-0.15, -0.1) is 11.3 Å². The van der Waals surface area contributed by atoms with Crippen molar-refractivity contribution in [1.82, 2.24) is 9.55 Å². The Bertz CT molecular complexity index is 869. The minimum absolute atomic E-state index is 0.0273. The van der Waals surface area contributed by atoms with E-state index < -0.39 is 0 Å². The van der Waals surface area contributed by atoms with Crippen molar-refractivity contribution in [2.45, 2.75) is 13.5 Å². The number of nitriles is 1. The van der Waals surface area contributed by atoms with Gasteiger partial charge in [0.05, 0.1) is 17.9 Å². The van der Waals surface area contributed by atoms with Gasteiger partial charge in [0.25, 0.3) is 5.56 Å². The van der Waals surface area contributed by atoms with Gasteiger partial charge in [-0.1, -0.05) is 29.8 Å². The summed E-state index contributed by atoms with van der Waals surface area (Å²) < 4.78 is 1.93. The summed E-state index contributed by atoms with van der Waals surface area (Å²) in [5.74, 6) is 0. The lowest BCUT2D eigenvalue weighted by Crippen LogP contribution is -2.18. The highest BCUT2D eigenvalue weighted by atomic mass is 32.1. The van der Waals surface area contributed by atoms with Crippen LogP contribution in [0, 0.1) is 18.3 Å². The zero-order valence-electron chi connectivity index (χ0n) is 10.8. The van der Waals surface area contributed by atoms with Gasteiger partial charge in [-0.05, 0) is 12.5 Å². The fourth-order valence-electron chi connectivity index (χ4n) is 2.07. The zero-order valence-corrected chi connectivity index (χ0v) is 11.6. The molecule has 0 saturated heterocycles. The number of nitrogens with zero attached hydrogens (tertiary/aromatic N) is 3. The number of hydrogen-bond acceptors (Lipinski definition) is 4. The number of aryl methyl sites for hydroxylation is 1. The molecular formula is C15H11N3OS. The van der Waals surface area contributed by atoms with Crippen molar-refractivity contribution in [2.24, 2.45) is 0 Å².